The molecular weight excluding hydrogens is 264 g/mol. The predicted octanol–water partition coefficient (Wildman–Crippen LogP) is 3.36. The van der Waals surface area contributed by atoms with Crippen molar-refractivity contribution in [1.82, 2.24) is 0 Å². The van der Waals surface area contributed by atoms with Gasteiger partial charge in [0.15, 0.2) is 5.78 Å². The minimum absolute atomic E-state index is 0.0491. The average molecular weight is 278 g/mol. The summed E-state index contributed by atoms with van der Waals surface area (Å²) in [7, 11) is -1.26. The molecule has 0 fully saturated rings. The lowest BCUT2D eigenvalue weighted by molar-refractivity contribution is 0.102. The average Bonchev–Trinajstić information content (AvgIpc) is 2.76. The number of benzene rings is 1. The molecule has 0 aliphatic carbocycles. The van der Waals surface area contributed by atoms with Crippen LogP contribution in [0.5, 0.6) is 0 Å². The van der Waals surface area contributed by atoms with Gasteiger partial charge in [0, 0.05) is 9.77 Å². The number of rotatable bonds is 4. The van der Waals surface area contributed by atoms with Crippen LogP contribution in [0.25, 0.3) is 0 Å². The third-order valence-electron chi connectivity index (χ3n) is 2.56. The van der Waals surface area contributed by atoms with Gasteiger partial charge in [-0.1, -0.05) is 17.7 Å². The van der Waals surface area contributed by atoms with Gasteiger partial charge < -0.3 is 0 Å². The maximum absolute atomic E-state index is 12.0. The van der Waals surface area contributed by atoms with Gasteiger partial charge in [-0.3, -0.25) is 9.00 Å². The molecule has 0 aliphatic rings. The first kappa shape index (κ1) is 13.2. The number of Topliss-reactive ketones (excluding diaryl/α,β-unsaturated/α-hetero) is 1. The van der Waals surface area contributed by atoms with Crippen LogP contribution in [0.2, 0.25) is 0 Å². The number of thiophene rings is 1. The molecule has 1 aromatic carbocycles. The van der Waals surface area contributed by atoms with Gasteiger partial charge >= 0.3 is 0 Å². The number of carbonyl (C=O) groups is 1. The van der Waals surface area contributed by atoms with E-state index in [0.29, 0.717) is 9.77 Å². The Morgan fingerprint density at radius 1 is 1.11 bits per heavy atom. The topological polar surface area (TPSA) is 34.1 Å². The summed E-state index contributed by atoms with van der Waals surface area (Å²) < 4.78 is 12.0. The van der Waals surface area contributed by atoms with E-state index in [1.54, 1.807) is 6.07 Å². The van der Waals surface area contributed by atoms with E-state index >= 15 is 0 Å². The van der Waals surface area contributed by atoms with Crippen LogP contribution in [-0.2, 0) is 10.8 Å². The lowest BCUT2D eigenvalue weighted by Gasteiger charge is -2.01. The van der Waals surface area contributed by atoms with E-state index in [4.69, 9.17) is 0 Å². The third-order valence-corrected chi connectivity index (χ3v) is 4.93. The normalized spacial score (nSPS) is 12.3. The summed E-state index contributed by atoms with van der Waals surface area (Å²) in [6, 6.07) is 11.2. The molecule has 94 valence electrons. The highest BCUT2D eigenvalue weighted by atomic mass is 32.2. The first-order chi connectivity index (χ1) is 8.56. The van der Waals surface area contributed by atoms with E-state index in [9.17, 15) is 9.00 Å². The Bertz CT molecular complexity index is 582. The zero-order valence-electron chi connectivity index (χ0n) is 10.3. The minimum Gasteiger partial charge on any atom is -0.292 e. The molecule has 0 spiro atoms. The molecule has 2 rings (SSSR count). The molecule has 0 radical (unpaired) electrons. The van der Waals surface area contributed by atoms with Gasteiger partial charge in [0.2, 0.25) is 0 Å². The zero-order chi connectivity index (χ0) is 13.1. The second-order valence-corrected chi connectivity index (χ2v) is 6.88. The van der Waals surface area contributed by atoms with Crippen LogP contribution < -0.4 is 0 Å². The second-order valence-electron chi connectivity index (χ2n) is 4.14. The van der Waals surface area contributed by atoms with Crippen LogP contribution >= 0.6 is 11.3 Å². The van der Waals surface area contributed by atoms with Crippen LogP contribution in [0.1, 0.15) is 20.1 Å². The smallest absolute Gasteiger partial charge is 0.185 e. The van der Waals surface area contributed by atoms with Gasteiger partial charge in [0.25, 0.3) is 0 Å². The quantitative estimate of drug-likeness (QED) is 0.804. The molecule has 1 heterocycles. The van der Waals surface area contributed by atoms with Gasteiger partial charge in [-0.2, -0.15) is 0 Å². The predicted molar refractivity (Wildman–Crippen MR) is 75.8 cm³/mol. The van der Waals surface area contributed by atoms with Crippen LogP contribution in [-0.4, -0.2) is 15.7 Å². The monoisotopic (exact) mass is 278 g/mol. The fraction of sp³-hybridized carbons (Fsp3) is 0.214. The van der Waals surface area contributed by atoms with Crippen LogP contribution in [0.15, 0.2) is 41.3 Å². The van der Waals surface area contributed by atoms with Crippen molar-refractivity contribution >= 4 is 27.9 Å². The van der Waals surface area contributed by atoms with Crippen LogP contribution in [0, 0.1) is 13.8 Å². The summed E-state index contributed by atoms with van der Waals surface area (Å²) >= 11 is 1.45. The third kappa shape index (κ3) is 3.15. The van der Waals surface area contributed by atoms with Gasteiger partial charge in [0.1, 0.15) is 0 Å². The maximum atomic E-state index is 12.0. The maximum Gasteiger partial charge on any atom is 0.185 e. The second kappa shape index (κ2) is 5.59. The molecule has 0 amide bonds. The summed E-state index contributed by atoms with van der Waals surface area (Å²) in [6.45, 7) is 3.94. The van der Waals surface area contributed by atoms with E-state index in [1.807, 2.05) is 44.2 Å². The SMILES string of the molecule is Cc1ccc(S(=O)CC(=O)c2ccc(C)s2)cc1. The molecule has 2 aromatic rings. The van der Waals surface area contributed by atoms with Gasteiger partial charge in [-0.25, -0.2) is 0 Å². The number of hydrogen-bond acceptors (Lipinski definition) is 3. The van der Waals surface area contributed by atoms with Crippen LogP contribution in [0.3, 0.4) is 0 Å². The Morgan fingerprint density at radius 2 is 1.78 bits per heavy atom. The number of carbonyl (C=O) groups excluding carboxylic acids is 1. The summed E-state index contributed by atoms with van der Waals surface area (Å²) in [6.07, 6.45) is 0. The molecule has 2 nitrogen and oxygen atoms in total. The van der Waals surface area contributed by atoms with E-state index < -0.39 is 10.8 Å². The molecule has 0 saturated carbocycles. The first-order valence-electron chi connectivity index (χ1n) is 5.61. The summed E-state index contributed by atoms with van der Waals surface area (Å²) in [5, 5.41) is 0. The van der Waals surface area contributed by atoms with E-state index in [2.05, 4.69) is 0 Å². The highest BCUT2D eigenvalue weighted by molar-refractivity contribution is 7.85. The highest BCUT2D eigenvalue weighted by Gasteiger charge is 2.13. The molecule has 0 bridgehead atoms. The Labute approximate surface area is 113 Å². The number of ketones is 1. The molecule has 1 aromatic heterocycles. The molecule has 4 heteroatoms. The lowest BCUT2D eigenvalue weighted by Crippen LogP contribution is -2.09. The Morgan fingerprint density at radius 3 is 2.33 bits per heavy atom. The Balaban J connectivity index is 2.08. The highest BCUT2D eigenvalue weighted by Crippen LogP contribution is 2.17. The van der Waals surface area contributed by atoms with Gasteiger partial charge in [-0.15, -0.1) is 11.3 Å². The molecule has 1 unspecified atom stereocenters. The van der Waals surface area contributed by atoms with Crippen molar-refractivity contribution in [3.63, 3.8) is 0 Å². The van der Waals surface area contributed by atoms with Gasteiger partial charge in [-0.05, 0) is 38.1 Å². The van der Waals surface area contributed by atoms with Crippen molar-refractivity contribution in [2.45, 2.75) is 18.7 Å². The van der Waals surface area contributed by atoms with E-state index in [1.165, 1.54) is 11.3 Å². The molecule has 0 N–H and O–H groups in total. The van der Waals surface area contributed by atoms with E-state index in [-0.39, 0.29) is 11.5 Å². The number of hydrogen-bond donors (Lipinski definition) is 0. The first-order valence-corrected chi connectivity index (χ1v) is 7.74. The zero-order valence-corrected chi connectivity index (χ0v) is 11.9. The molecule has 1 atom stereocenters. The summed E-state index contributed by atoms with van der Waals surface area (Å²) in [4.78, 5) is 14.4. The van der Waals surface area contributed by atoms with Gasteiger partial charge in [0.05, 0.1) is 21.4 Å². The fourth-order valence-electron chi connectivity index (χ4n) is 1.55. The molecular formula is C14H14O2S2. The van der Waals surface area contributed by atoms with Crippen molar-refractivity contribution in [2.24, 2.45) is 0 Å². The van der Waals surface area contributed by atoms with Crippen molar-refractivity contribution in [1.29, 1.82) is 0 Å². The van der Waals surface area contributed by atoms with Crippen molar-refractivity contribution in [3.05, 3.63) is 51.7 Å². The Hall–Kier alpha value is -1.26. The Kier molecular flexibility index (Phi) is 4.09. The van der Waals surface area contributed by atoms with Crippen molar-refractivity contribution in [2.75, 3.05) is 5.75 Å². The van der Waals surface area contributed by atoms with E-state index in [0.717, 1.165) is 10.4 Å². The molecule has 18 heavy (non-hydrogen) atoms. The summed E-state index contributed by atoms with van der Waals surface area (Å²) in [5.41, 5.74) is 1.12. The van der Waals surface area contributed by atoms with Crippen LogP contribution in [0.4, 0.5) is 0 Å². The minimum atomic E-state index is -1.26. The number of aryl methyl sites for hydroxylation is 2. The largest absolute Gasteiger partial charge is 0.292 e. The lowest BCUT2D eigenvalue weighted by atomic mass is 10.2. The fourth-order valence-corrected chi connectivity index (χ4v) is 3.44. The molecule has 0 aliphatic heterocycles. The van der Waals surface area contributed by atoms with Crippen molar-refractivity contribution < 1.29 is 9.00 Å². The molecule has 0 saturated heterocycles. The standard InChI is InChI=1S/C14H14O2S2/c1-10-3-6-12(7-4-10)18(16)9-13(15)14-8-5-11(2)17-14/h3-8H,9H2,1-2H3. The van der Waals surface area contributed by atoms with Crippen molar-refractivity contribution in [3.8, 4) is 0 Å². The summed E-state index contributed by atoms with van der Waals surface area (Å²) in [5.74, 6) is 0.00948.